The lowest BCUT2D eigenvalue weighted by Crippen LogP contribution is -2.11. The number of benzene rings is 1. The van der Waals surface area contributed by atoms with Gasteiger partial charge in [0.25, 0.3) is 0 Å². The number of hydrogen-bond acceptors (Lipinski definition) is 4. The van der Waals surface area contributed by atoms with Crippen molar-refractivity contribution < 1.29 is 9.15 Å². The van der Waals surface area contributed by atoms with Crippen LogP contribution in [0.4, 0.5) is 0 Å². The molecule has 5 heteroatoms. The molecule has 1 atom stereocenters. The second-order valence-corrected chi connectivity index (χ2v) is 5.17. The third-order valence-electron chi connectivity index (χ3n) is 3.55. The average Bonchev–Trinajstić information content (AvgIpc) is 2.94. The zero-order valence-corrected chi connectivity index (χ0v) is 12.6. The van der Waals surface area contributed by atoms with E-state index in [0.29, 0.717) is 12.5 Å². The Morgan fingerprint density at radius 1 is 1.38 bits per heavy atom. The van der Waals surface area contributed by atoms with Crippen LogP contribution >= 0.6 is 0 Å². The fraction of sp³-hybridized carbons (Fsp3) is 0.500. The summed E-state index contributed by atoms with van der Waals surface area (Å²) in [6, 6.07) is 7.44. The smallest absolute Gasteiger partial charge is 0.434 e. The van der Waals surface area contributed by atoms with E-state index in [1.807, 2.05) is 24.3 Å². The van der Waals surface area contributed by atoms with E-state index in [2.05, 4.69) is 24.0 Å². The van der Waals surface area contributed by atoms with Crippen LogP contribution in [0.15, 0.2) is 33.5 Å². The summed E-state index contributed by atoms with van der Waals surface area (Å²) < 4.78 is 10.8. The van der Waals surface area contributed by atoms with Crippen LogP contribution in [0.25, 0.3) is 11.5 Å². The lowest BCUT2D eigenvalue weighted by Gasteiger charge is -2.15. The Morgan fingerprint density at radius 3 is 2.90 bits per heavy atom. The Kier molecular flexibility index (Phi) is 5.60. The summed E-state index contributed by atoms with van der Waals surface area (Å²) in [6.45, 7) is 5.11. The summed E-state index contributed by atoms with van der Waals surface area (Å²) >= 11 is 0. The Morgan fingerprint density at radius 2 is 2.24 bits per heavy atom. The molecule has 1 aromatic carbocycles. The quantitative estimate of drug-likeness (QED) is 0.806. The van der Waals surface area contributed by atoms with Gasteiger partial charge >= 0.3 is 5.76 Å². The molecule has 0 saturated carbocycles. The van der Waals surface area contributed by atoms with Crippen molar-refractivity contribution >= 4 is 0 Å². The number of aromatic nitrogens is 2. The highest BCUT2D eigenvalue weighted by Crippen LogP contribution is 2.22. The zero-order valence-electron chi connectivity index (χ0n) is 12.6. The largest absolute Gasteiger partial charge is 0.493 e. The summed E-state index contributed by atoms with van der Waals surface area (Å²) in [5.74, 6) is 1.08. The molecule has 0 bridgehead atoms. The summed E-state index contributed by atoms with van der Waals surface area (Å²) in [4.78, 5) is 11.0. The van der Waals surface area contributed by atoms with Crippen molar-refractivity contribution in [3.63, 3.8) is 0 Å². The first kappa shape index (κ1) is 15.4. The van der Waals surface area contributed by atoms with Gasteiger partial charge in [0.1, 0.15) is 5.75 Å². The van der Waals surface area contributed by atoms with Gasteiger partial charge in [-0.05, 0) is 30.5 Å². The van der Waals surface area contributed by atoms with Crippen LogP contribution in [-0.2, 0) is 0 Å². The molecule has 21 heavy (non-hydrogen) atoms. The van der Waals surface area contributed by atoms with Crippen molar-refractivity contribution in [2.75, 3.05) is 6.61 Å². The first-order valence-electron chi connectivity index (χ1n) is 7.51. The van der Waals surface area contributed by atoms with Gasteiger partial charge in [-0.15, -0.1) is 5.10 Å². The minimum atomic E-state index is -0.554. The fourth-order valence-corrected chi connectivity index (χ4v) is 2.18. The number of ether oxygens (including phenoxy) is 1. The van der Waals surface area contributed by atoms with Gasteiger partial charge in [-0.2, -0.15) is 0 Å². The van der Waals surface area contributed by atoms with Crippen LogP contribution < -0.4 is 10.5 Å². The molecule has 0 saturated heterocycles. The predicted molar refractivity (Wildman–Crippen MR) is 81.4 cm³/mol. The molecule has 0 aliphatic carbocycles. The van der Waals surface area contributed by atoms with Crippen LogP contribution in [0.1, 0.15) is 39.5 Å². The van der Waals surface area contributed by atoms with Gasteiger partial charge in [0.15, 0.2) is 0 Å². The molecular formula is C16H22N2O3. The molecule has 2 aromatic rings. The summed E-state index contributed by atoms with van der Waals surface area (Å²) in [6.07, 6.45) is 4.76. The Balaban J connectivity index is 1.99. The van der Waals surface area contributed by atoms with E-state index < -0.39 is 5.76 Å². The molecule has 1 aromatic heterocycles. The van der Waals surface area contributed by atoms with E-state index in [9.17, 15) is 4.79 Å². The summed E-state index contributed by atoms with van der Waals surface area (Å²) in [5.41, 5.74) is 0.729. The molecule has 0 spiro atoms. The molecule has 5 nitrogen and oxygen atoms in total. The number of nitrogens with zero attached hydrogens (tertiary/aromatic N) is 1. The summed E-state index contributed by atoms with van der Waals surface area (Å²) in [5, 5.41) is 6.08. The first-order chi connectivity index (χ1) is 10.2. The molecule has 1 N–H and O–H groups in total. The average molecular weight is 290 g/mol. The van der Waals surface area contributed by atoms with Crippen molar-refractivity contribution in [2.45, 2.75) is 39.5 Å². The van der Waals surface area contributed by atoms with Crippen molar-refractivity contribution in [1.29, 1.82) is 0 Å². The van der Waals surface area contributed by atoms with Gasteiger partial charge in [-0.1, -0.05) is 39.2 Å². The second-order valence-electron chi connectivity index (χ2n) is 5.17. The van der Waals surface area contributed by atoms with Gasteiger partial charge in [0.05, 0.1) is 6.61 Å². The predicted octanol–water partition coefficient (Wildman–Crippen LogP) is 3.63. The lowest BCUT2D eigenvalue weighted by molar-refractivity contribution is 0.233. The number of rotatable bonds is 8. The van der Waals surface area contributed by atoms with Crippen molar-refractivity contribution in [3.8, 4) is 17.2 Å². The molecule has 1 unspecified atom stereocenters. The molecule has 0 radical (unpaired) electrons. The van der Waals surface area contributed by atoms with E-state index in [0.717, 1.165) is 17.7 Å². The summed E-state index contributed by atoms with van der Waals surface area (Å²) in [7, 11) is 0. The Bertz CT molecular complexity index is 603. The van der Waals surface area contributed by atoms with Crippen molar-refractivity contribution in [2.24, 2.45) is 5.92 Å². The van der Waals surface area contributed by atoms with E-state index in [-0.39, 0.29) is 5.89 Å². The third kappa shape index (κ3) is 4.48. The van der Waals surface area contributed by atoms with Gasteiger partial charge in [0.2, 0.25) is 5.89 Å². The lowest BCUT2D eigenvalue weighted by atomic mass is 10.0. The van der Waals surface area contributed by atoms with Gasteiger partial charge in [-0.3, -0.25) is 0 Å². The van der Waals surface area contributed by atoms with E-state index in [1.165, 1.54) is 19.3 Å². The van der Waals surface area contributed by atoms with E-state index in [1.54, 1.807) is 0 Å². The highest BCUT2D eigenvalue weighted by molar-refractivity contribution is 5.55. The number of H-pyrrole nitrogens is 1. The Labute approximate surface area is 124 Å². The number of unbranched alkanes of at least 4 members (excludes halogenated alkanes) is 1. The minimum Gasteiger partial charge on any atom is -0.493 e. The topological polar surface area (TPSA) is 68.1 Å². The van der Waals surface area contributed by atoms with Crippen molar-refractivity contribution in [1.82, 2.24) is 10.2 Å². The van der Waals surface area contributed by atoms with Crippen LogP contribution in [-0.4, -0.2) is 16.8 Å². The van der Waals surface area contributed by atoms with Crippen molar-refractivity contribution in [3.05, 3.63) is 34.8 Å². The SMILES string of the molecule is CCCCC(CC)COc1cccc(-c2n[nH]c(=O)o2)c1. The molecule has 0 amide bonds. The first-order valence-corrected chi connectivity index (χ1v) is 7.51. The molecule has 0 aliphatic rings. The zero-order chi connectivity index (χ0) is 15.1. The monoisotopic (exact) mass is 290 g/mol. The number of nitrogens with one attached hydrogen (secondary N) is 1. The second kappa shape index (κ2) is 7.67. The molecule has 0 aliphatic heterocycles. The third-order valence-corrected chi connectivity index (χ3v) is 3.55. The maximum atomic E-state index is 11.0. The standard InChI is InChI=1S/C16H22N2O3/c1-3-5-7-12(4-2)11-20-14-9-6-8-13(10-14)15-17-18-16(19)21-15/h6,8-10,12H,3-5,7,11H2,1-2H3,(H,18,19). The van der Waals surface area contributed by atoms with Gasteiger partial charge in [-0.25, -0.2) is 9.89 Å². The number of aromatic amines is 1. The molecule has 2 rings (SSSR count). The maximum absolute atomic E-state index is 11.0. The molecular weight excluding hydrogens is 268 g/mol. The van der Waals surface area contributed by atoms with Gasteiger partial charge < -0.3 is 9.15 Å². The maximum Gasteiger partial charge on any atom is 0.434 e. The van der Waals surface area contributed by atoms with Gasteiger partial charge in [0, 0.05) is 5.56 Å². The molecule has 114 valence electrons. The minimum absolute atomic E-state index is 0.281. The van der Waals surface area contributed by atoms with Crippen LogP contribution in [0, 0.1) is 5.92 Å². The van der Waals surface area contributed by atoms with Crippen LogP contribution in [0.3, 0.4) is 0 Å². The van der Waals surface area contributed by atoms with E-state index >= 15 is 0 Å². The highest BCUT2D eigenvalue weighted by Gasteiger charge is 2.09. The molecule has 0 fully saturated rings. The molecule has 1 heterocycles. The number of hydrogen-bond donors (Lipinski definition) is 1. The normalized spacial score (nSPS) is 12.3. The van der Waals surface area contributed by atoms with E-state index in [4.69, 9.17) is 9.15 Å². The Hall–Kier alpha value is -2.04. The fourth-order valence-electron chi connectivity index (χ4n) is 2.18. The van der Waals surface area contributed by atoms with Crippen LogP contribution in [0.5, 0.6) is 5.75 Å². The van der Waals surface area contributed by atoms with Crippen LogP contribution in [0.2, 0.25) is 0 Å². The highest BCUT2D eigenvalue weighted by atomic mass is 16.5.